The molecule has 0 radical (unpaired) electrons. The average molecular weight is 416 g/mol. The van der Waals surface area contributed by atoms with Crippen LogP contribution < -0.4 is 9.64 Å². The van der Waals surface area contributed by atoms with Crippen molar-refractivity contribution in [3.05, 3.63) is 102 Å². The van der Waals surface area contributed by atoms with Crippen LogP contribution in [0.2, 0.25) is 0 Å². The molecule has 0 spiro atoms. The molecule has 0 atom stereocenters. The van der Waals surface area contributed by atoms with E-state index in [-0.39, 0.29) is 23.4 Å². The average Bonchev–Trinajstić information content (AvgIpc) is 3.05. The molecule has 2 amide bonds. The maximum Gasteiger partial charge on any atom is 0.278 e. The monoisotopic (exact) mass is 416 g/mol. The van der Waals surface area contributed by atoms with Crippen LogP contribution in [-0.2, 0) is 16.1 Å². The van der Waals surface area contributed by atoms with Crippen molar-refractivity contribution in [1.29, 1.82) is 0 Å². The minimum Gasteiger partial charge on any atom is -0.497 e. The summed E-state index contributed by atoms with van der Waals surface area (Å²) in [4.78, 5) is 29.6. The fraction of sp³-hybridized carbons (Fsp3) is 0.120. The van der Waals surface area contributed by atoms with E-state index in [2.05, 4.69) is 0 Å². The minimum atomic E-state index is -0.467. The third kappa shape index (κ3) is 3.80. The highest BCUT2D eigenvalue weighted by molar-refractivity contribution is 6.36. The zero-order valence-electron chi connectivity index (χ0n) is 17.2. The second kappa shape index (κ2) is 8.44. The highest BCUT2D eigenvalue weighted by Gasteiger charge is 2.41. The number of methoxy groups -OCH3 is 1. The lowest BCUT2D eigenvalue weighted by atomic mass is 10.0. The van der Waals surface area contributed by atoms with Gasteiger partial charge >= 0.3 is 0 Å². The molecule has 0 saturated carbocycles. The first-order valence-corrected chi connectivity index (χ1v) is 9.78. The van der Waals surface area contributed by atoms with Gasteiger partial charge in [-0.2, -0.15) is 0 Å². The van der Waals surface area contributed by atoms with E-state index in [1.165, 1.54) is 6.07 Å². The number of hydrogen-bond donors (Lipinski definition) is 0. The van der Waals surface area contributed by atoms with Crippen LogP contribution >= 0.6 is 0 Å². The third-order valence-electron chi connectivity index (χ3n) is 5.29. The summed E-state index contributed by atoms with van der Waals surface area (Å²) >= 11 is 0. The number of likely N-dealkylation sites (N-methyl/N-ethyl adjacent to an activating group) is 1. The van der Waals surface area contributed by atoms with Gasteiger partial charge in [-0.3, -0.25) is 14.5 Å². The summed E-state index contributed by atoms with van der Waals surface area (Å²) in [5, 5.41) is 0. The van der Waals surface area contributed by atoms with E-state index >= 15 is 0 Å². The van der Waals surface area contributed by atoms with Gasteiger partial charge in [-0.15, -0.1) is 0 Å². The molecule has 156 valence electrons. The summed E-state index contributed by atoms with van der Waals surface area (Å²) in [6.45, 7) is -0.143. The van der Waals surface area contributed by atoms with E-state index in [1.54, 1.807) is 61.5 Å². The van der Waals surface area contributed by atoms with E-state index in [9.17, 15) is 14.0 Å². The molecule has 1 aliphatic heterocycles. The first kappa shape index (κ1) is 20.3. The van der Waals surface area contributed by atoms with Crippen molar-refractivity contribution >= 4 is 23.1 Å². The SMILES string of the molecule is COc1ccc(C2=C(N(C)c3ccccc3)C(=O)N(Cc3ccccc3F)C2=O)cc1. The Morgan fingerprint density at radius 3 is 2.16 bits per heavy atom. The molecule has 0 N–H and O–H groups in total. The van der Waals surface area contributed by atoms with E-state index in [1.807, 2.05) is 30.3 Å². The van der Waals surface area contributed by atoms with Gasteiger partial charge in [0.1, 0.15) is 17.3 Å². The zero-order valence-corrected chi connectivity index (χ0v) is 17.2. The number of nitrogens with zero attached hydrogens (tertiary/aromatic N) is 2. The Morgan fingerprint density at radius 1 is 0.871 bits per heavy atom. The van der Waals surface area contributed by atoms with Crippen molar-refractivity contribution in [3.8, 4) is 5.75 Å². The van der Waals surface area contributed by atoms with Crippen LogP contribution in [0.15, 0.2) is 84.6 Å². The van der Waals surface area contributed by atoms with Gasteiger partial charge < -0.3 is 9.64 Å². The van der Waals surface area contributed by atoms with Gasteiger partial charge in [0.05, 0.1) is 19.2 Å². The Labute approximate surface area is 180 Å². The fourth-order valence-corrected chi connectivity index (χ4v) is 3.61. The Morgan fingerprint density at radius 2 is 1.52 bits per heavy atom. The van der Waals surface area contributed by atoms with Gasteiger partial charge in [-0.1, -0.05) is 48.5 Å². The van der Waals surface area contributed by atoms with Crippen molar-refractivity contribution in [3.63, 3.8) is 0 Å². The fourth-order valence-electron chi connectivity index (χ4n) is 3.61. The van der Waals surface area contributed by atoms with Crippen LogP contribution in [0.25, 0.3) is 5.57 Å². The molecule has 31 heavy (non-hydrogen) atoms. The largest absolute Gasteiger partial charge is 0.497 e. The van der Waals surface area contributed by atoms with Crippen molar-refractivity contribution in [1.82, 2.24) is 4.90 Å². The zero-order chi connectivity index (χ0) is 22.0. The number of para-hydroxylation sites is 1. The van der Waals surface area contributed by atoms with E-state index in [0.717, 1.165) is 10.6 Å². The highest BCUT2D eigenvalue weighted by Crippen LogP contribution is 2.35. The van der Waals surface area contributed by atoms with E-state index < -0.39 is 17.6 Å². The Kier molecular flexibility index (Phi) is 5.54. The van der Waals surface area contributed by atoms with Gasteiger partial charge in [0, 0.05) is 18.3 Å². The lowest BCUT2D eigenvalue weighted by Gasteiger charge is -2.21. The normalized spacial score (nSPS) is 13.7. The minimum absolute atomic E-state index is 0.143. The molecule has 0 bridgehead atoms. The van der Waals surface area contributed by atoms with Gasteiger partial charge in [0.15, 0.2) is 0 Å². The maximum absolute atomic E-state index is 14.2. The number of hydrogen-bond acceptors (Lipinski definition) is 4. The molecule has 1 heterocycles. The molecule has 0 saturated heterocycles. The standard InChI is InChI=1S/C25H21FN2O3/c1-27(19-9-4-3-5-10-19)23-22(17-12-14-20(31-2)15-13-17)24(29)28(25(23)30)16-18-8-6-7-11-21(18)26/h3-15H,16H2,1-2H3. The molecule has 0 unspecified atom stereocenters. The maximum atomic E-state index is 14.2. The summed E-state index contributed by atoms with van der Waals surface area (Å²) in [6, 6.07) is 22.4. The molecule has 3 aromatic rings. The smallest absolute Gasteiger partial charge is 0.278 e. The van der Waals surface area contributed by atoms with Crippen LogP contribution in [0.5, 0.6) is 5.75 Å². The summed E-state index contributed by atoms with van der Waals surface area (Å²) in [5.74, 6) is -0.747. The Balaban J connectivity index is 1.79. The summed E-state index contributed by atoms with van der Waals surface area (Å²) < 4.78 is 19.4. The molecule has 0 aliphatic carbocycles. The third-order valence-corrected chi connectivity index (χ3v) is 5.29. The van der Waals surface area contributed by atoms with E-state index in [0.29, 0.717) is 11.3 Å². The first-order valence-electron chi connectivity index (χ1n) is 9.78. The number of anilines is 1. The van der Waals surface area contributed by atoms with Crippen LogP contribution in [-0.4, -0.2) is 30.9 Å². The Bertz CT molecular complexity index is 1160. The van der Waals surface area contributed by atoms with Crippen LogP contribution in [0.1, 0.15) is 11.1 Å². The van der Waals surface area contributed by atoms with Crippen molar-refractivity contribution in [2.75, 3.05) is 19.1 Å². The molecule has 6 heteroatoms. The summed E-state index contributed by atoms with van der Waals surface area (Å²) in [5.41, 5.74) is 2.15. The van der Waals surface area contributed by atoms with Gasteiger partial charge in [-0.05, 0) is 35.9 Å². The molecular formula is C25H21FN2O3. The van der Waals surface area contributed by atoms with Crippen molar-refractivity contribution < 1.29 is 18.7 Å². The van der Waals surface area contributed by atoms with Gasteiger partial charge in [0.2, 0.25) is 0 Å². The first-order chi connectivity index (χ1) is 15.0. The van der Waals surface area contributed by atoms with Gasteiger partial charge in [-0.25, -0.2) is 4.39 Å². The molecular weight excluding hydrogens is 395 g/mol. The molecule has 5 nitrogen and oxygen atoms in total. The number of rotatable bonds is 6. The molecule has 3 aromatic carbocycles. The van der Waals surface area contributed by atoms with Crippen molar-refractivity contribution in [2.45, 2.75) is 6.54 Å². The lowest BCUT2D eigenvalue weighted by Crippen LogP contribution is -2.34. The number of carbonyl (C=O) groups excluding carboxylic acids is 2. The second-order valence-electron chi connectivity index (χ2n) is 7.13. The van der Waals surface area contributed by atoms with Crippen LogP contribution in [0, 0.1) is 5.82 Å². The summed E-state index contributed by atoms with van der Waals surface area (Å²) in [6.07, 6.45) is 0. The van der Waals surface area contributed by atoms with Crippen LogP contribution in [0.3, 0.4) is 0 Å². The predicted molar refractivity (Wildman–Crippen MR) is 117 cm³/mol. The quantitative estimate of drug-likeness (QED) is 0.564. The van der Waals surface area contributed by atoms with Gasteiger partial charge in [0.25, 0.3) is 11.8 Å². The van der Waals surface area contributed by atoms with Crippen molar-refractivity contribution in [2.24, 2.45) is 0 Å². The number of amides is 2. The predicted octanol–water partition coefficient (Wildman–Crippen LogP) is 4.25. The Hall–Kier alpha value is -3.93. The highest BCUT2D eigenvalue weighted by atomic mass is 19.1. The lowest BCUT2D eigenvalue weighted by molar-refractivity contribution is -0.137. The second-order valence-corrected chi connectivity index (χ2v) is 7.13. The number of benzene rings is 3. The molecule has 4 rings (SSSR count). The number of ether oxygens (including phenoxy) is 1. The van der Waals surface area contributed by atoms with E-state index in [4.69, 9.17) is 4.74 Å². The molecule has 1 aliphatic rings. The van der Waals surface area contributed by atoms with Crippen LogP contribution in [0.4, 0.5) is 10.1 Å². The number of imide groups is 1. The number of halogens is 1. The topological polar surface area (TPSA) is 49.9 Å². The number of carbonyl (C=O) groups is 2. The molecule has 0 aromatic heterocycles. The summed E-state index contributed by atoms with van der Waals surface area (Å²) in [7, 11) is 3.30. The molecule has 0 fully saturated rings.